The molecule has 0 amide bonds. The third kappa shape index (κ3) is 3.59. The fourth-order valence-corrected chi connectivity index (χ4v) is 3.89. The first kappa shape index (κ1) is 18.1. The summed E-state index contributed by atoms with van der Waals surface area (Å²) < 4.78 is 19.5. The Labute approximate surface area is 162 Å². The molecule has 1 atom stereocenters. The summed E-state index contributed by atoms with van der Waals surface area (Å²) in [6, 6.07) is 4.94. The molecule has 1 saturated heterocycles. The number of nitrogens with zero attached hydrogens (tertiary/aromatic N) is 4. The summed E-state index contributed by atoms with van der Waals surface area (Å²) in [5.41, 5.74) is 3.97. The van der Waals surface area contributed by atoms with Crippen LogP contribution >= 0.6 is 11.6 Å². The molecule has 27 heavy (non-hydrogen) atoms. The van der Waals surface area contributed by atoms with Gasteiger partial charge >= 0.3 is 0 Å². The quantitative estimate of drug-likeness (QED) is 0.639. The molecule has 0 N–H and O–H groups in total. The summed E-state index contributed by atoms with van der Waals surface area (Å²) in [6.45, 7) is 5.18. The molecule has 3 aromatic rings. The monoisotopic (exact) mass is 386 g/mol. The first-order valence-electron chi connectivity index (χ1n) is 8.96. The zero-order chi connectivity index (χ0) is 19.0. The van der Waals surface area contributed by atoms with Crippen LogP contribution in [0, 0.1) is 19.7 Å². The molecule has 1 fully saturated rings. The highest BCUT2D eigenvalue weighted by Gasteiger charge is 2.28. The van der Waals surface area contributed by atoms with E-state index in [1.165, 1.54) is 6.07 Å². The van der Waals surface area contributed by atoms with E-state index in [1.54, 1.807) is 24.5 Å². The molecular weight excluding hydrogens is 367 g/mol. The molecular formula is C20H20ClFN4O. The van der Waals surface area contributed by atoms with Gasteiger partial charge in [0.05, 0.1) is 41.1 Å². The Morgan fingerprint density at radius 2 is 2.15 bits per heavy atom. The Kier molecular flexibility index (Phi) is 4.93. The normalized spacial score (nSPS) is 17.6. The van der Waals surface area contributed by atoms with Crippen LogP contribution in [-0.4, -0.2) is 26.6 Å². The third-order valence-electron chi connectivity index (χ3n) is 5.04. The molecule has 140 valence electrons. The number of aromatic nitrogens is 3. The van der Waals surface area contributed by atoms with Crippen molar-refractivity contribution in [2.75, 3.05) is 6.54 Å². The van der Waals surface area contributed by atoms with Crippen molar-refractivity contribution < 1.29 is 8.91 Å². The number of rotatable bonds is 4. The number of halogens is 2. The van der Waals surface area contributed by atoms with Gasteiger partial charge in [0.15, 0.2) is 0 Å². The minimum absolute atomic E-state index is 0.105. The van der Waals surface area contributed by atoms with E-state index in [0.717, 1.165) is 47.8 Å². The Balaban J connectivity index is 1.61. The topological polar surface area (TPSA) is 55.1 Å². The van der Waals surface area contributed by atoms with E-state index in [2.05, 4.69) is 15.0 Å². The summed E-state index contributed by atoms with van der Waals surface area (Å²) in [5, 5.41) is 4.41. The van der Waals surface area contributed by atoms with Crippen molar-refractivity contribution in [3.63, 3.8) is 0 Å². The van der Waals surface area contributed by atoms with Gasteiger partial charge in [-0.25, -0.2) is 9.37 Å². The summed E-state index contributed by atoms with van der Waals surface area (Å²) in [5.74, 6) is 0.453. The third-order valence-corrected chi connectivity index (χ3v) is 5.27. The predicted molar refractivity (Wildman–Crippen MR) is 101 cm³/mol. The predicted octanol–water partition coefficient (Wildman–Crippen LogP) is 4.88. The Morgan fingerprint density at radius 1 is 1.30 bits per heavy atom. The van der Waals surface area contributed by atoms with Gasteiger partial charge in [-0.1, -0.05) is 22.8 Å². The van der Waals surface area contributed by atoms with Gasteiger partial charge < -0.3 is 4.52 Å². The van der Waals surface area contributed by atoms with Crippen LogP contribution in [0.1, 0.15) is 41.6 Å². The maximum absolute atomic E-state index is 14.2. The van der Waals surface area contributed by atoms with Gasteiger partial charge in [0, 0.05) is 17.1 Å². The molecule has 1 aliphatic heterocycles. The lowest BCUT2D eigenvalue weighted by Crippen LogP contribution is -2.24. The van der Waals surface area contributed by atoms with Crippen molar-refractivity contribution in [3.8, 4) is 11.3 Å². The van der Waals surface area contributed by atoms with Crippen LogP contribution in [0.15, 0.2) is 35.1 Å². The van der Waals surface area contributed by atoms with Crippen molar-refractivity contribution in [2.45, 2.75) is 39.3 Å². The molecule has 3 heterocycles. The fourth-order valence-electron chi connectivity index (χ4n) is 3.73. The Morgan fingerprint density at radius 3 is 2.89 bits per heavy atom. The lowest BCUT2D eigenvalue weighted by atomic mass is 10.1. The van der Waals surface area contributed by atoms with Gasteiger partial charge in [0.25, 0.3) is 0 Å². The van der Waals surface area contributed by atoms with Gasteiger partial charge in [0.1, 0.15) is 11.6 Å². The first-order chi connectivity index (χ1) is 13.0. The van der Waals surface area contributed by atoms with E-state index < -0.39 is 0 Å². The number of benzene rings is 1. The summed E-state index contributed by atoms with van der Waals surface area (Å²) in [6.07, 6.45) is 5.53. The minimum atomic E-state index is -0.274. The van der Waals surface area contributed by atoms with Crippen LogP contribution < -0.4 is 0 Å². The summed E-state index contributed by atoms with van der Waals surface area (Å²) >= 11 is 5.87. The molecule has 0 bridgehead atoms. The van der Waals surface area contributed by atoms with E-state index in [9.17, 15) is 4.39 Å². The lowest BCUT2D eigenvalue weighted by Gasteiger charge is -2.24. The van der Waals surface area contributed by atoms with Crippen molar-refractivity contribution in [2.24, 2.45) is 0 Å². The SMILES string of the molecule is Cc1noc(C)c1-c1cncc(C2CCCN2Cc2ccc(Cl)cc2F)n1. The van der Waals surface area contributed by atoms with Crippen LogP contribution in [0.25, 0.3) is 11.3 Å². The van der Waals surface area contributed by atoms with Crippen molar-refractivity contribution in [1.29, 1.82) is 0 Å². The van der Waals surface area contributed by atoms with Crippen LogP contribution in [0.3, 0.4) is 0 Å². The number of hydrogen-bond donors (Lipinski definition) is 0. The largest absolute Gasteiger partial charge is 0.361 e. The van der Waals surface area contributed by atoms with Gasteiger partial charge in [-0.05, 0) is 45.4 Å². The van der Waals surface area contributed by atoms with Crippen molar-refractivity contribution in [1.82, 2.24) is 20.0 Å². The number of aryl methyl sites for hydroxylation is 2. The molecule has 2 aromatic heterocycles. The molecule has 0 radical (unpaired) electrons. The van der Waals surface area contributed by atoms with Crippen LogP contribution in [-0.2, 0) is 6.54 Å². The van der Waals surface area contributed by atoms with E-state index in [4.69, 9.17) is 21.1 Å². The Hall–Kier alpha value is -2.31. The first-order valence-corrected chi connectivity index (χ1v) is 9.34. The number of hydrogen-bond acceptors (Lipinski definition) is 5. The van der Waals surface area contributed by atoms with Gasteiger partial charge in [-0.2, -0.15) is 0 Å². The smallest absolute Gasteiger partial charge is 0.143 e. The Bertz CT molecular complexity index is 955. The molecule has 5 nitrogen and oxygen atoms in total. The summed E-state index contributed by atoms with van der Waals surface area (Å²) in [4.78, 5) is 11.5. The van der Waals surface area contributed by atoms with Gasteiger partial charge in [0.2, 0.25) is 0 Å². The zero-order valence-corrected chi connectivity index (χ0v) is 16.0. The van der Waals surface area contributed by atoms with Crippen LogP contribution in [0.2, 0.25) is 5.02 Å². The minimum Gasteiger partial charge on any atom is -0.361 e. The van der Waals surface area contributed by atoms with Crippen molar-refractivity contribution in [3.05, 3.63) is 64.1 Å². The maximum atomic E-state index is 14.2. The van der Waals surface area contributed by atoms with Gasteiger partial charge in [-0.3, -0.25) is 9.88 Å². The van der Waals surface area contributed by atoms with E-state index >= 15 is 0 Å². The molecule has 0 saturated carbocycles. The van der Waals surface area contributed by atoms with Crippen LogP contribution in [0.5, 0.6) is 0 Å². The molecule has 1 aromatic carbocycles. The molecule has 1 unspecified atom stereocenters. The van der Waals surface area contributed by atoms with E-state index in [-0.39, 0.29) is 11.9 Å². The van der Waals surface area contributed by atoms with Crippen molar-refractivity contribution >= 4 is 11.6 Å². The highest BCUT2D eigenvalue weighted by molar-refractivity contribution is 6.30. The molecule has 1 aliphatic rings. The van der Waals surface area contributed by atoms with Gasteiger partial charge in [-0.15, -0.1) is 0 Å². The molecule has 4 rings (SSSR count). The molecule has 0 aliphatic carbocycles. The second-order valence-corrected chi connectivity index (χ2v) is 7.33. The average molecular weight is 387 g/mol. The highest BCUT2D eigenvalue weighted by atomic mass is 35.5. The maximum Gasteiger partial charge on any atom is 0.143 e. The second kappa shape index (κ2) is 7.37. The fraction of sp³-hybridized carbons (Fsp3) is 0.350. The second-order valence-electron chi connectivity index (χ2n) is 6.89. The average Bonchev–Trinajstić information content (AvgIpc) is 3.24. The number of likely N-dealkylation sites (tertiary alicyclic amines) is 1. The van der Waals surface area contributed by atoms with Crippen LogP contribution in [0.4, 0.5) is 4.39 Å². The molecule has 0 spiro atoms. The summed E-state index contributed by atoms with van der Waals surface area (Å²) in [7, 11) is 0. The lowest BCUT2D eigenvalue weighted by molar-refractivity contribution is 0.241. The van der Waals surface area contributed by atoms with E-state index in [0.29, 0.717) is 17.1 Å². The highest BCUT2D eigenvalue weighted by Crippen LogP contribution is 2.34. The zero-order valence-electron chi connectivity index (χ0n) is 15.2. The standard InChI is InChI=1S/C20H20ClFN4O/c1-12-20(13(2)27-25-12)18-10-23-9-17(24-18)19-4-3-7-26(19)11-14-5-6-15(21)8-16(14)22/h5-6,8-10,19H,3-4,7,11H2,1-2H3. The molecule has 7 heteroatoms. The van der Waals surface area contributed by atoms with E-state index in [1.807, 2.05) is 13.8 Å².